The van der Waals surface area contributed by atoms with Crippen LogP contribution in [0.25, 0.3) is 0 Å². The zero-order valence-corrected chi connectivity index (χ0v) is 22.4. The maximum absolute atomic E-state index is 12.5. The van der Waals surface area contributed by atoms with Gasteiger partial charge in [0, 0.05) is 11.7 Å². The summed E-state index contributed by atoms with van der Waals surface area (Å²) in [6.07, 6.45) is 1.30. The number of ether oxygens (including phenoxy) is 2. The van der Waals surface area contributed by atoms with Crippen molar-refractivity contribution in [3.63, 3.8) is 0 Å². The van der Waals surface area contributed by atoms with Crippen LogP contribution in [0.3, 0.4) is 0 Å². The summed E-state index contributed by atoms with van der Waals surface area (Å²) in [4.78, 5) is 25.1. The van der Waals surface area contributed by atoms with Crippen LogP contribution >= 0.6 is 0 Å². The first-order valence-electron chi connectivity index (χ1n) is 12.3. The first-order valence-corrected chi connectivity index (χ1v) is 14.2. The molecule has 3 rings (SSSR count). The highest BCUT2D eigenvalue weighted by Gasteiger charge is 2.50. The fraction of sp³-hybridized carbons (Fsp3) is 0.429. The zero-order chi connectivity index (χ0) is 25.5. The van der Waals surface area contributed by atoms with Gasteiger partial charge in [-0.3, -0.25) is 0 Å². The lowest BCUT2D eigenvalue weighted by Gasteiger charge is -2.43. The summed E-state index contributed by atoms with van der Waals surface area (Å²) in [5, 5.41) is 5.67. The van der Waals surface area contributed by atoms with Crippen LogP contribution in [0.5, 0.6) is 0 Å². The Labute approximate surface area is 209 Å². The molecule has 35 heavy (non-hydrogen) atoms. The van der Waals surface area contributed by atoms with Gasteiger partial charge < -0.3 is 19.2 Å². The predicted octanol–water partition coefficient (Wildman–Crippen LogP) is 3.70. The first-order chi connectivity index (χ1) is 16.7. The average molecular weight is 496 g/mol. The Hall–Kier alpha value is -2.90. The number of allylic oxidation sites excluding steroid dienone is 1. The molecule has 1 aliphatic heterocycles. The summed E-state index contributed by atoms with van der Waals surface area (Å²) in [5.41, 5.74) is 0.527. The first kappa shape index (κ1) is 26.7. The molecule has 0 aliphatic carbocycles. The minimum atomic E-state index is -2.67. The summed E-state index contributed by atoms with van der Waals surface area (Å²) in [7, 11) is -2.67. The van der Waals surface area contributed by atoms with Crippen molar-refractivity contribution < 1.29 is 23.5 Å². The molecule has 0 unspecified atom stereocenters. The van der Waals surface area contributed by atoms with Crippen LogP contribution in [0.2, 0.25) is 5.04 Å². The third-order valence-corrected chi connectivity index (χ3v) is 11.3. The number of hydrogen-bond acceptors (Lipinski definition) is 6. The third-order valence-electron chi connectivity index (χ3n) is 6.30. The van der Waals surface area contributed by atoms with E-state index in [1.807, 2.05) is 12.1 Å². The second-order valence-electron chi connectivity index (χ2n) is 9.65. The van der Waals surface area contributed by atoms with Gasteiger partial charge in [0.05, 0.1) is 19.8 Å². The van der Waals surface area contributed by atoms with Crippen molar-refractivity contribution in [2.45, 2.75) is 58.5 Å². The van der Waals surface area contributed by atoms with Crippen molar-refractivity contribution in [3.8, 4) is 0 Å². The molecule has 1 saturated heterocycles. The molecule has 1 N–H and O–H groups in total. The minimum absolute atomic E-state index is 0.0366. The molecule has 6 nitrogen and oxygen atoms in total. The second-order valence-corrected chi connectivity index (χ2v) is 14.0. The number of benzene rings is 2. The maximum atomic E-state index is 12.5. The fourth-order valence-electron chi connectivity index (χ4n) is 4.75. The Bertz CT molecular complexity index is 971. The fourth-order valence-corrected chi connectivity index (χ4v) is 9.36. The number of carbonyl (C=O) groups is 2. The quantitative estimate of drug-likeness (QED) is 0.188. The van der Waals surface area contributed by atoms with Gasteiger partial charge in [0.2, 0.25) is 0 Å². The molecule has 0 amide bonds. The van der Waals surface area contributed by atoms with Crippen molar-refractivity contribution in [1.29, 1.82) is 0 Å². The lowest BCUT2D eigenvalue weighted by atomic mass is 10.1. The van der Waals surface area contributed by atoms with E-state index in [1.165, 1.54) is 10.4 Å². The Morgan fingerprint density at radius 2 is 1.37 bits per heavy atom. The average Bonchev–Trinajstić information content (AvgIpc) is 3.29. The summed E-state index contributed by atoms with van der Waals surface area (Å²) in [6.45, 7) is 11.0. The van der Waals surface area contributed by atoms with Gasteiger partial charge >= 0.3 is 11.9 Å². The Balaban J connectivity index is 1.92. The lowest BCUT2D eigenvalue weighted by Crippen LogP contribution is -2.67. The molecule has 0 saturated carbocycles. The molecule has 1 fully saturated rings. The van der Waals surface area contributed by atoms with E-state index >= 15 is 0 Å². The van der Waals surface area contributed by atoms with Crippen LogP contribution in [-0.2, 0) is 23.5 Å². The predicted molar refractivity (Wildman–Crippen MR) is 140 cm³/mol. The standard InChI is InChI=1S/C28H37NO5Si/c1-6-32-26(30)25(27(31)33-7-2)24-19-18-21(29-24)20-34-35(28(3,4)5,22-14-10-8-11-15-22)23-16-12-9-13-17-23/h8-17,21,29H,6-7,18-20H2,1-5H3/t21-/m0/s1. The third kappa shape index (κ3) is 5.85. The summed E-state index contributed by atoms with van der Waals surface area (Å²) in [6, 6.07) is 20.9. The molecular formula is C28H37NO5Si. The van der Waals surface area contributed by atoms with Gasteiger partial charge in [0.25, 0.3) is 8.32 Å². The Morgan fingerprint density at radius 1 is 0.886 bits per heavy atom. The molecule has 0 spiro atoms. The SMILES string of the molecule is CCOC(=O)C(C(=O)OCC)=C1CC[C@@H](CO[Si](c2ccccc2)(c2ccccc2)C(C)(C)C)N1. The van der Waals surface area contributed by atoms with Gasteiger partial charge in [-0.1, -0.05) is 81.4 Å². The molecule has 2 aromatic carbocycles. The molecule has 2 aromatic rings. The summed E-state index contributed by atoms with van der Waals surface area (Å²) in [5.74, 6) is -1.30. The van der Waals surface area contributed by atoms with E-state index in [2.05, 4.69) is 74.6 Å². The zero-order valence-electron chi connectivity index (χ0n) is 21.4. The van der Waals surface area contributed by atoms with Crippen molar-refractivity contribution >= 4 is 30.6 Å². The number of hydrogen-bond donors (Lipinski definition) is 1. The van der Waals surface area contributed by atoms with Crippen molar-refractivity contribution in [1.82, 2.24) is 5.32 Å². The van der Waals surface area contributed by atoms with E-state index in [1.54, 1.807) is 13.8 Å². The normalized spacial score (nSPS) is 15.9. The number of rotatable bonds is 9. The number of nitrogens with one attached hydrogen (secondary N) is 1. The maximum Gasteiger partial charge on any atom is 0.347 e. The second kappa shape index (κ2) is 11.7. The molecule has 188 valence electrons. The van der Waals surface area contributed by atoms with Crippen LogP contribution in [0, 0.1) is 0 Å². The van der Waals surface area contributed by atoms with Crippen molar-refractivity contribution in [2.24, 2.45) is 0 Å². The van der Waals surface area contributed by atoms with Crippen molar-refractivity contribution in [2.75, 3.05) is 19.8 Å². The van der Waals surface area contributed by atoms with E-state index in [0.29, 0.717) is 18.7 Å². The van der Waals surface area contributed by atoms with Crippen LogP contribution in [0.4, 0.5) is 0 Å². The van der Waals surface area contributed by atoms with Gasteiger partial charge in [-0.05, 0) is 42.1 Å². The Morgan fingerprint density at radius 3 is 1.80 bits per heavy atom. The molecule has 0 radical (unpaired) electrons. The Kier molecular flexibility index (Phi) is 8.91. The molecule has 1 heterocycles. The molecule has 1 aliphatic rings. The number of carbonyl (C=O) groups excluding carboxylic acids is 2. The summed E-state index contributed by atoms with van der Waals surface area (Å²) >= 11 is 0. The highest BCUT2D eigenvalue weighted by Crippen LogP contribution is 2.37. The smallest absolute Gasteiger partial charge is 0.347 e. The largest absolute Gasteiger partial charge is 0.462 e. The van der Waals surface area contributed by atoms with E-state index < -0.39 is 20.3 Å². The molecule has 7 heteroatoms. The minimum Gasteiger partial charge on any atom is -0.462 e. The summed E-state index contributed by atoms with van der Waals surface area (Å²) < 4.78 is 17.3. The van der Waals surface area contributed by atoms with Gasteiger partial charge in [-0.15, -0.1) is 0 Å². The monoisotopic (exact) mass is 495 g/mol. The van der Waals surface area contributed by atoms with E-state index in [9.17, 15) is 9.59 Å². The highest BCUT2D eigenvalue weighted by molar-refractivity contribution is 6.99. The van der Waals surface area contributed by atoms with Crippen LogP contribution in [-0.4, -0.2) is 46.1 Å². The molecule has 1 atom stereocenters. The molecule has 0 bridgehead atoms. The van der Waals surface area contributed by atoms with Gasteiger partial charge in [0.1, 0.15) is 0 Å². The molecule has 0 aromatic heterocycles. The van der Waals surface area contributed by atoms with Crippen LogP contribution < -0.4 is 15.7 Å². The highest BCUT2D eigenvalue weighted by atomic mass is 28.4. The van der Waals surface area contributed by atoms with Crippen LogP contribution in [0.1, 0.15) is 47.5 Å². The van der Waals surface area contributed by atoms with Crippen LogP contribution in [0.15, 0.2) is 71.9 Å². The number of esters is 2. The van der Waals surface area contributed by atoms with Gasteiger partial charge in [-0.2, -0.15) is 0 Å². The van der Waals surface area contributed by atoms with E-state index in [0.717, 1.165) is 6.42 Å². The van der Waals surface area contributed by atoms with E-state index in [-0.39, 0.29) is 29.9 Å². The van der Waals surface area contributed by atoms with Gasteiger partial charge in [0.15, 0.2) is 5.57 Å². The van der Waals surface area contributed by atoms with E-state index in [4.69, 9.17) is 13.9 Å². The molecular weight excluding hydrogens is 458 g/mol. The topological polar surface area (TPSA) is 73.9 Å². The lowest BCUT2D eigenvalue weighted by molar-refractivity contribution is -0.146. The van der Waals surface area contributed by atoms with Gasteiger partial charge in [-0.25, -0.2) is 9.59 Å². The van der Waals surface area contributed by atoms with Crippen molar-refractivity contribution in [3.05, 3.63) is 71.9 Å².